The molecule has 1 saturated heterocycles. The number of hydrogen-bond acceptors (Lipinski definition) is 6. The van der Waals surface area contributed by atoms with Gasteiger partial charge in [-0.25, -0.2) is 9.78 Å². The second-order valence-electron chi connectivity index (χ2n) is 7.36. The summed E-state index contributed by atoms with van der Waals surface area (Å²) in [5.74, 6) is -2.92. The Morgan fingerprint density at radius 2 is 2.07 bits per heavy atom. The number of carbonyl (C=O) groups is 4. The summed E-state index contributed by atoms with van der Waals surface area (Å²) in [7, 11) is 0. The largest absolute Gasteiger partial charge is 0.480 e. The van der Waals surface area contributed by atoms with Gasteiger partial charge in [0.1, 0.15) is 18.1 Å². The summed E-state index contributed by atoms with van der Waals surface area (Å²) >= 11 is 0. The van der Waals surface area contributed by atoms with Crippen molar-refractivity contribution in [1.82, 2.24) is 25.5 Å². The van der Waals surface area contributed by atoms with E-state index in [4.69, 9.17) is 5.73 Å². The molecule has 1 aromatic heterocycles. The third-order valence-corrected chi connectivity index (χ3v) is 4.89. The van der Waals surface area contributed by atoms with Crippen molar-refractivity contribution in [1.29, 1.82) is 0 Å². The fraction of sp³-hybridized carbons (Fsp3) is 0.611. The molecule has 11 heteroatoms. The lowest BCUT2D eigenvalue weighted by atomic mass is 10.0. The number of carboxylic acid groups (broad SMARTS) is 1. The van der Waals surface area contributed by atoms with Gasteiger partial charge in [0.15, 0.2) is 0 Å². The van der Waals surface area contributed by atoms with Crippen LogP contribution in [0.15, 0.2) is 12.5 Å². The number of rotatable bonds is 9. The number of aliphatic carboxylic acids is 1. The van der Waals surface area contributed by atoms with E-state index in [-0.39, 0.29) is 24.8 Å². The summed E-state index contributed by atoms with van der Waals surface area (Å²) in [6, 6.07) is -2.83. The van der Waals surface area contributed by atoms with Crippen LogP contribution in [0.5, 0.6) is 0 Å². The van der Waals surface area contributed by atoms with Gasteiger partial charge in [0.05, 0.1) is 12.9 Å². The molecule has 1 aromatic rings. The Bertz CT molecular complexity index is 735. The van der Waals surface area contributed by atoms with Crippen molar-refractivity contribution in [3.05, 3.63) is 18.2 Å². The molecule has 0 bridgehead atoms. The summed E-state index contributed by atoms with van der Waals surface area (Å²) in [5.41, 5.74) is 6.01. The molecule has 3 unspecified atom stereocenters. The lowest BCUT2D eigenvalue weighted by Gasteiger charge is -2.27. The summed E-state index contributed by atoms with van der Waals surface area (Å²) in [4.78, 5) is 57.1. The maximum absolute atomic E-state index is 12.8. The van der Waals surface area contributed by atoms with E-state index in [0.29, 0.717) is 25.1 Å². The van der Waals surface area contributed by atoms with E-state index >= 15 is 0 Å². The molecule has 1 aliphatic heterocycles. The van der Waals surface area contributed by atoms with Crippen LogP contribution in [0.4, 0.5) is 0 Å². The van der Waals surface area contributed by atoms with Gasteiger partial charge in [-0.1, -0.05) is 13.8 Å². The summed E-state index contributed by atoms with van der Waals surface area (Å²) in [6.45, 7) is 3.59. The highest BCUT2D eigenvalue weighted by molar-refractivity contribution is 5.94. The fourth-order valence-corrected chi connectivity index (χ4v) is 3.32. The second-order valence-corrected chi connectivity index (χ2v) is 7.36. The first-order valence-electron chi connectivity index (χ1n) is 9.55. The van der Waals surface area contributed by atoms with Crippen molar-refractivity contribution in [2.24, 2.45) is 11.7 Å². The molecule has 6 N–H and O–H groups in total. The van der Waals surface area contributed by atoms with Crippen molar-refractivity contribution in [2.75, 3.05) is 13.1 Å². The van der Waals surface area contributed by atoms with E-state index in [1.807, 2.05) is 0 Å². The third-order valence-electron chi connectivity index (χ3n) is 4.89. The minimum Gasteiger partial charge on any atom is -0.480 e. The first kappa shape index (κ1) is 22.3. The second kappa shape index (κ2) is 10.0. The van der Waals surface area contributed by atoms with Crippen LogP contribution in [-0.4, -0.2) is 74.9 Å². The molecular weight excluding hydrogens is 380 g/mol. The molecule has 11 nitrogen and oxygen atoms in total. The molecule has 2 rings (SSSR count). The van der Waals surface area contributed by atoms with E-state index in [0.717, 1.165) is 0 Å². The summed E-state index contributed by atoms with van der Waals surface area (Å²) < 4.78 is 0. The number of carbonyl (C=O) groups excluding carboxylic acids is 3. The van der Waals surface area contributed by atoms with Gasteiger partial charge >= 0.3 is 5.97 Å². The molecule has 0 aliphatic carbocycles. The van der Waals surface area contributed by atoms with Crippen LogP contribution in [0.25, 0.3) is 0 Å². The Hall–Kier alpha value is -2.95. The van der Waals surface area contributed by atoms with Crippen LogP contribution in [-0.2, 0) is 25.6 Å². The van der Waals surface area contributed by atoms with Crippen molar-refractivity contribution in [2.45, 2.75) is 51.2 Å². The van der Waals surface area contributed by atoms with Crippen molar-refractivity contribution < 1.29 is 24.3 Å². The van der Waals surface area contributed by atoms with E-state index < -0.39 is 35.9 Å². The average molecular weight is 408 g/mol. The van der Waals surface area contributed by atoms with Gasteiger partial charge in [0, 0.05) is 24.9 Å². The number of hydrogen-bond donors (Lipinski definition) is 5. The minimum absolute atomic E-state index is 0.0968. The molecule has 1 fully saturated rings. The van der Waals surface area contributed by atoms with Gasteiger partial charge in [-0.2, -0.15) is 0 Å². The zero-order valence-corrected chi connectivity index (χ0v) is 16.6. The van der Waals surface area contributed by atoms with Gasteiger partial charge in [-0.3, -0.25) is 14.4 Å². The number of nitrogens with two attached hydrogens (primary N) is 1. The van der Waals surface area contributed by atoms with Crippen molar-refractivity contribution >= 4 is 23.7 Å². The Morgan fingerprint density at radius 3 is 2.62 bits per heavy atom. The topological polar surface area (TPSA) is 171 Å². The Labute approximate surface area is 168 Å². The predicted molar refractivity (Wildman–Crippen MR) is 102 cm³/mol. The third kappa shape index (κ3) is 5.76. The van der Waals surface area contributed by atoms with Gasteiger partial charge < -0.3 is 31.4 Å². The normalized spacial score (nSPS) is 18.3. The molecule has 3 atom stereocenters. The number of H-pyrrole nitrogens is 1. The van der Waals surface area contributed by atoms with E-state index in [1.54, 1.807) is 13.8 Å². The van der Waals surface area contributed by atoms with Gasteiger partial charge in [0.2, 0.25) is 17.7 Å². The van der Waals surface area contributed by atoms with E-state index in [2.05, 4.69) is 20.6 Å². The number of aromatic amines is 1. The number of likely N-dealkylation sites (tertiary alicyclic amines) is 1. The fourth-order valence-electron chi connectivity index (χ4n) is 3.32. The van der Waals surface area contributed by atoms with Crippen LogP contribution in [0.3, 0.4) is 0 Å². The minimum atomic E-state index is -1.16. The average Bonchev–Trinajstić information content (AvgIpc) is 3.35. The molecule has 3 amide bonds. The highest BCUT2D eigenvalue weighted by Crippen LogP contribution is 2.17. The van der Waals surface area contributed by atoms with Gasteiger partial charge in [0.25, 0.3) is 0 Å². The Kier molecular flexibility index (Phi) is 7.71. The van der Waals surface area contributed by atoms with Gasteiger partial charge in [-0.05, 0) is 18.8 Å². The Morgan fingerprint density at radius 1 is 1.34 bits per heavy atom. The predicted octanol–water partition coefficient (Wildman–Crippen LogP) is -1.39. The molecule has 1 aliphatic rings. The molecule has 160 valence electrons. The number of nitrogens with one attached hydrogen (secondary N) is 3. The van der Waals surface area contributed by atoms with Crippen LogP contribution in [0.2, 0.25) is 0 Å². The molecule has 2 heterocycles. The molecular formula is C18H28N6O5. The zero-order valence-electron chi connectivity index (χ0n) is 16.6. The van der Waals surface area contributed by atoms with Crippen molar-refractivity contribution in [3.63, 3.8) is 0 Å². The summed E-state index contributed by atoms with van der Waals surface area (Å²) in [6.07, 6.45) is 4.19. The molecule has 0 radical (unpaired) electrons. The zero-order chi connectivity index (χ0) is 21.6. The number of nitrogens with zero attached hydrogens (tertiary/aromatic N) is 2. The number of aromatic nitrogens is 2. The first-order chi connectivity index (χ1) is 13.7. The monoisotopic (exact) mass is 408 g/mol. The standard InChI is InChI=1S/C18H28N6O5/c1-10(2)15(18(28)29)23-16(26)12(6-11-8-20-9-21-11)22-17(27)13-4-3-5-24(13)14(25)7-19/h8-10,12-13,15H,3-7,19H2,1-2H3,(H,20,21)(H,22,27)(H,23,26)(H,28,29). The van der Waals surface area contributed by atoms with Crippen molar-refractivity contribution in [3.8, 4) is 0 Å². The first-order valence-corrected chi connectivity index (χ1v) is 9.55. The molecule has 0 saturated carbocycles. The lowest BCUT2D eigenvalue weighted by Crippen LogP contribution is -2.57. The number of amides is 3. The van der Waals surface area contributed by atoms with Crippen LogP contribution < -0.4 is 16.4 Å². The Balaban J connectivity index is 2.15. The van der Waals surface area contributed by atoms with Gasteiger partial charge in [-0.15, -0.1) is 0 Å². The van der Waals surface area contributed by atoms with Crippen LogP contribution >= 0.6 is 0 Å². The van der Waals surface area contributed by atoms with Crippen LogP contribution in [0, 0.1) is 5.92 Å². The van der Waals surface area contributed by atoms with E-state index in [9.17, 15) is 24.3 Å². The van der Waals surface area contributed by atoms with Crippen LogP contribution in [0.1, 0.15) is 32.4 Å². The lowest BCUT2D eigenvalue weighted by molar-refractivity contribution is -0.144. The highest BCUT2D eigenvalue weighted by atomic mass is 16.4. The number of imidazole rings is 1. The smallest absolute Gasteiger partial charge is 0.326 e. The maximum Gasteiger partial charge on any atom is 0.326 e. The van der Waals surface area contributed by atoms with E-state index in [1.165, 1.54) is 17.4 Å². The quantitative estimate of drug-likeness (QED) is 0.335. The molecule has 0 aromatic carbocycles. The maximum atomic E-state index is 12.8. The molecule has 0 spiro atoms. The SMILES string of the molecule is CC(C)C(NC(=O)C(Cc1cnc[nH]1)NC(=O)C1CCCN1C(=O)CN)C(=O)O. The number of carboxylic acids is 1. The summed E-state index contributed by atoms with van der Waals surface area (Å²) in [5, 5.41) is 14.5. The molecule has 29 heavy (non-hydrogen) atoms. The highest BCUT2D eigenvalue weighted by Gasteiger charge is 2.36.